The Hall–Kier alpha value is -2.45. The monoisotopic (exact) mass is 380 g/mol. The lowest BCUT2D eigenvalue weighted by Gasteiger charge is -2.28. The minimum atomic E-state index is -4.98. The molecule has 2 N–H and O–H groups in total. The van der Waals surface area contributed by atoms with E-state index in [2.05, 4.69) is 19.5 Å². The lowest BCUT2D eigenvalue weighted by Crippen LogP contribution is -2.49. The Labute approximate surface area is 142 Å². The lowest BCUT2D eigenvalue weighted by atomic mass is 9.99. The second-order valence-corrected chi connectivity index (χ2v) is 6.06. The van der Waals surface area contributed by atoms with E-state index in [1.807, 2.05) is 0 Å². The number of amides is 3. The zero-order chi connectivity index (χ0) is 18.8. The molecule has 14 heteroatoms. The summed E-state index contributed by atoms with van der Waals surface area (Å²) in [7, 11) is -2.47. The summed E-state index contributed by atoms with van der Waals surface area (Å²) in [5.74, 6) is -1.22. The summed E-state index contributed by atoms with van der Waals surface area (Å²) >= 11 is 0. The maximum absolute atomic E-state index is 12.3. The molecule has 0 aromatic rings. The van der Waals surface area contributed by atoms with Gasteiger partial charge in [0.15, 0.2) is 6.61 Å². The van der Waals surface area contributed by atoms with Crippen LogP contribution in [0.15, 0.2) is 5.16 Å². The van der Waals surface area contributed by atoms with Gasteiger partial charge < -0.3 is 19.8 Å². The van der Waals surface area contributed by atoms with Gasteiger partial charge in [-0.15, -0.1) is 4.28 Å². The number of fused-ring (bicyclic) bond motifs is 2. The number of hydrogen-bond donors (Lipinski definition) is 2. The molecule has 2 saturated heterocycles. The molecule has 0 aromatic heterocycles. The number of methoxy groups -OCH3 is 1. The molecule has 0 aliphatic carbocycles. The molecular formula is C11H16N4O9S. The van der Waals surface area contributed by atoms with Gasteiger partial charge in [0.25, 0.3) is 5.91 Å². The van der Waals surface area contributed by atoms with Gasteiger partial charge in [-0.1, -0.05) is 5.16 Å². The average Bonchev–Trinajstić information content (AvgIpc) is 2.81. The Morgan fingerprint density at radius 1 is 1.44 bits per heavy atom. The van der Waals surface area contributed by atoms with Gasteiger partial charge in [0, 0.05) is 13.5 Å². The first-order valence-corrected chi connectivity index (χ1v) is 8.28. The number of hydrogen-bond acceptors (Lipinski definition) is 9. The maximum Gasteiger partial charge on any atom is 0.418 e. The number of carbonyl (C=O) groups is 3. The maximum atomic E-state index is 12.3. The highest BCUT2D eigenvalue weighted by molar-refractivity contribution is 7.80. The van der Waals surface area contributed by atoms with E-state index in [0.717, 1.165) is 12.0 Å². The molecule has 0 aromatic carbocycles. The fraction of sp³-hybridized carbons (Fsp3) is 0.636. The van der Waals surface area contributed by atoms with Gasteiger partial charge in [-0.2, -0.15) is 13.5 Å². The van der Waals surface area contributed by atoms with Crippen LogP contribution < -0.4 is 5.32 Å². The van der Waals surface area contributed by atoms with Crippen LogP contribution in [0.1, 0.15) is 6.42 Å². The molecule has 2 bridgehead atoms. The predicted octanol–water partition coefficient (Wildman–Crippen LogP) is -2.11. The number of esters is 1. The van der Waals surface area contributed by atoms with E-state index in [4.69, 9.17) is 9.39 Å². The third-order valence-electron chi connectivity index (χ3n) is 3.55. The van der Waals surface area contributed by atoms with Crippen LogP contribution in [0.4, 0.5) is 4.79 Å². The molecular weight excluding hydrogens is 364 g/mol. The van der Waals surface area contributed by atoms with Crippen LogP contribution >= 0.6 is 0 Å². The molecule has 0 unspecified atom stereocenters. The minimum Gasteiger partial charge on any atom is -0.467 e. The van der Waals surface area contributed by atoms with Crippen LogP contribution in [-0.4, -0.2) is 85.9 Å². The minimum absolute atomic E-state index is 0.0741. The molecule has 3 amide bonds. The SMILES string of the molecule is CNC(=O)CO/N=C1\C[C@@H](C(=O)OC)N2C[C@@H]1N(OS(=O)(=O)O)C2=O. The second-order valence-electron chi connectivity index (χ2n) is 5.05. The predicted molar refractivity (Wildman–Crippen MR) is 78.2 cm³/mol. The standard InChI is InChI=1S/C11H16N4O9S/c1-12-9(16)5-23-13-6-3-7(10(17)22-2)14-4-8(6)15(11(14)18)24-25(19,20)21/h7-8H,3-5H2,1-2H3,(H,12,16)(H,19,20,21)/b13-6+/t7-,8-/m0/s1. The van der Waals surface area contributed by atoms with Crippen molar-refractivity contribution < 1.29 is 41.2 Å². The Morgan fingerprint density at radius 2 is 2.12 bits per heavy atom. The number of piperidine rings is 1. The van der Waals surface area contributed by atoms with E-state index in [9.17, 15) is 22.8 Å². The number of likely N-dealkylation sites (N-methyl/N-ethyl adjacent to an activating group) is 1. The zero-order valence-corrected chi connectivity index (χ0v) is 14.1. The number of oxime groups is 1. The summed E-state index contributed by atoms with van der Waals surface area (Å²) in [6.07, 6.45) is -0.123. The van der Waals surface area contributed by atoms with Crippen molar-refractivity contribution in [3.63, 3.8) is 0 Å². The molecule has 2 rings (SSSR count). The molecule has 140 valence electrons. The van der Waals surface area contributed by atoms with Crippen molar-refractivity contribution in [2.45, 2.75) is 18.5 Å². The van der Waals surface area contributed by atoms with Crippen molar-refractivity contribution in [3.8, 4) is 0 Å². The molecule has 2 atom stereocenters. The van der Waals surface area contributed by atoms with Crippen molar-refractivity contribution in [2.24, 2.45) is 5.16 Å². The number of urea groups is 1. The van der Waals surface area contributed by atoms with E-state index < -0.39 is 47.0 Å². The van der Waals surface area contributed by atoms with Crippen LogP contribution in [0, 0.1) is 0 Å². The van der Waals surface area contributed by atoms with Crippen molar-refractivity contribution in [1.82, 2.24) is 15.3 Å². The lowest BCUT2D eigenvalue weighted by molar-refractivity contribution is -0.145. The quantitative estimate of drug-likeness (QED) is 0.298. The average molecular weight is 380 g/mol. The Kier molecular flexibility index (Phi) is 5.44. The molecule has 25 heavy (non-hydrogen) atoms. The summed E-state index contributed by atoms with van der Waals surface area (Å²) in [5, 5.41) is 6.38. The molecule has 0 saturated carbocycles. The van der Waals surface area contributed by atoms with Crippen LogP contribution in [0.25, 0.3) is 0 Å². The molecule has 2 fully saturated rings. The highest BCUT2D eigenvalue weighted by Crippen LogP contribution is 2.30. The summed E-state index contributed by atoms with van der Waals surface area (Å²) in [4.78, 5) is 41.1. The third-order valence-corrected chi connectivity index (χ3v) is 3.90. The summed E-state index contributed by atoms with van der Waals surface area (Å²) in [6.45, 7) is -0.567. The third kappa shape index (κ3) is 4.15. The fourth-order valence-corrected chi connectivity index (χ4v) is 2.79. The van der Waals surface area contributed by atoms with Crippen LogP contribution in [-0.2, 0) is 33.8 Å². The van der Waals surface area contributed by atoms with Crippen molar-refractivity contribution in [2.75, 3.05) is 27.3 Å². The number of nitrogens with one attached hydrogen (secondary N) is 1. The summed E-state index contributed by atoms with van der Waals surface area (Å²) < 4.78 is 39.6. The molecule has 2 aliphatic rings. The molecule has 0 radical (unpaired) electrons. The van der Waals surface area contributed by atoms with Gasteiger partial charge in [0.2, 0.25) is 0 Å². The fourth-order valence-electron chi connectivity index (χ4n) is 2.42. The summed E-state index contributed by atoms with van der Waals surface area (Å²) in [6, 6.07) is -3.07. The van der Waals surface area contributed by atoms with Gasteiger partial charge >= 0.3 is 22.4 Å². The van der Waals surface area contributed by atoms with E-state index in [1.165, 1.54) is 7.05 Å². The zero-order valence-electron chi connectivity index (χ0n) is 13.2. The molecule has 0 spiro atoms. The van der Waals surface area contributed by atoms with Gasteiger partial charge in [-0.25, -0.2) is 9.59 Å². The van der Waals surface area contributed by atoms with Crippen LogP contribution in [0.5, 0.6) is 0 Å². The Balaban J connectivity index is 2.28. The Bertz CT molecular complexity index is 706. The van der Waals surface area contributed by atoms with E-state index >= 15 is 0 Å². The smallest absolute Gasteiger partial charge is 0.418 e. The van der Waals surface area contributed by atoms with Gasteiger partial charge in [0.05, 0.1) is 19.4 Å². The first kappa shape index (κ1) is 18.9. The number of hydroxylamine groups is 2. The van der Waals surface area contributed by atoms with Crippen LogP contribution in [0.3, 0.4) is 0 Å². The molecule has 2 aliphatic heterocycles. The number of ether oxygens (including phenoxy) is 1. The highest BCUT2D eigenvalue weighted by atomic mass is 32.3. The molecule has 2 heterocycles. The van der Waals surface area contributed by atoms with Crippen molar-refractivity contribution >= 4 is 34.0 Å². The van der Waals surface area contributed by atoms with Crippen LogP contribution in [0.2, 0.25) is 0 Å². The second kappa shape index (κ2) is 7.20. The van der Waals surface area contributed by atoms with Crippen molar-refractivity contribution in [1.29, 1.82) is 0 Å². The first-order chi connectivity index (χ1) is 11.7. The number of nitrogens with zero attached hydrogens (tertiary/aromatic N) is 3. The van der Waals surface area contributed by atoms with Crippen molar-refractivity contribution in [3.05, 3.63) is 0 Å². The van der Waals surface area contributed by atoms with E-state index in [-0.39, 0.29) is 18.7 Å². The highest BCUT2D eigenvalue weighted by Gasteiger charge is 2.53. The van der Waals surface area contributed by atoms with Gasteiger partial charge in [0.1, 0.15) is 12.1 Å². The Morgan fingerprint density at radius 3 is 2.68 bits per heavy atom. The topological polar surface area (TPSA) is 164 Å². The number of carbonyl (C=O) groups excluding carboxylic acids is 3. The van der Waals surface area contributed by atoms with Gasteiger partial charge in [-0.05, 0) is 0 Å². The van der Waals surface area contributed by atoms with Gasteiger partial charge in [-0.3, -0.25) is 9.35 Å². The largest absolute Gasteiger partial charge is 0.467 e. The normalized spacial score (nSPS) is 24.4. The number of rotatable bonds is 6. The summed E-state index contributed by atoms with van der Waals surface area (Å²) in [5.41, 5.74) is 0.0741. The first-order valence-electron chi connectivity index (χ1n) is 6.92. The van der Waals surface area contributed by atoms with E-state index in [0.29, 0.717) is 5.06 Å². The van der Waals surface area contributed by atoms with E-state index in [1.54, 1.807) is 0 Å². The molecule has 13 nitrogen and oxygen atoms in total.